The number of nitrogens with zero attached hydrogens (tertiary/aromatic N) is 2. The third-order valence-electron chi connectivity index (χ3n) is 4.06. The Morgan fingerprint density at radius 3 is 2.52 bits per heavy atom. The van der Waals surface area contributed by atoms with Gasteiger partial charge in [-0.15, -0.1) is 0 Å². The molecule has 0 spiro atoms. The van der Waals surface area contributed by atoms with Gasteiger partial charge in [0, 0.05) is 24.7 Å². The monoisotopic (exact) mass is 309 g/mol. The van der Waals surface area contributed by atoms with Gasteiger partial charge in [0.05, 0.1) is 10.7 Å². The number of carbonyl (C=O) groups is 1. The highest BCUT2D eigenvalue weighted by Crippen LogP contribution is 2.26. The minimum atomic E-state index is 0.0621. The highest BCUT2D eigenvalue weighted by atomic mass is 35.5. The Morgan fingerprint density at radius 2 is 1.95 bits per heavy atom. The zero-order valence-electron chi connectivity index (χ0n) is 12.8. The number of amides is 1. The number of anilines is 1. The van der Waals surface area contributed by atoms with Crippen LogP contribution in [0.4, 0.5) is 5.69 Å². The predicted octanol–water partition coefficient (Wildman–Crippen LogP) is 2.87. The number of likely N-dealkylation sites (N-methyl/N-ethyl adjacent to an activating group) is 1. The molecule has 0 aromatic heterocycles. The van der Waals surface area contributed by atoms with Gasteiger partial charge in [-0.25, -0.2) is 0 Å². The van der Waals surface area contributed by atoms with E-state index in [1.807, 2.05) is 19.0 Å². The van der Waals surface area contributed by atoms with E-state index >= 15 is 0 Å². The smallest absolute Gasteiger partial charge is 0.254 e. The average molecular weight is 310 g/mol. The molecule has 1 saturated carbocycles. The minimum absolute atomic E-state index is 0.0621. The summed E-state index contributed by atoms with van der Waals surface area (Å²) in [7, 11) is 4.05. The van der Waals surface area contributed by atoms with Gasteiger partial charge in [0.15, 0.2) is 0 Å². The van der Waals surface area contributed by atoms with Gasteiger partial charge >= 0.3 is 0 Å². The Hall–Kier alpha value is -1.26. The number of carbonyl (C=O) groups excluding carboxylic acids is 1. The lowest BCUT2D eigenvalue weighted by atomic mass is 10.1. The first-order valence-corrected chi connectivity index (χ1v) is 7.87. The molecule has 1 aromatic carbocycles. The van der Waals surface area contributed by atoms with Crippen molar-refractivity contribution in [2.75, 3.05) is 32.9 Å². The highest BCUT2D eigenvalue weighted by Gasteiger charge is 2.27. The standard InChI is InChI=1S/C16H24ClN3O/c1-19(2)9-10-20(13-5-3-4-6-13)16(21)12-7-8-14(17)15(18)11-12/h7-8,11,13H,3-6,9-10,18H2,1-2H3. The Labute approximate surface area is 131 Å². The van der Waals surface area contributed by atoms with Crippen LogP contribution in [0.1, 0.15) is 36.0 Å². The lowest BCUT2D eigenvalue weighted by Crippen LogP contribution is -2.42. The van der Waals surface area contributed by atoms with Crippen molar-refractivity contribution >= 4 is 23.2 Å². The van der Waals surface area contributed by atoms with Crippen LogP contribution < -0.4 is 5.73 Å². The van der Waals surface area contributed by atoms with Gasteiger partial charge < -0.3 is 15.5 Å². The van der Waals surface area contributed by atoms with Gasteiger partial charge in [-0.05, 0) is 45.1 Å². The molecule has 2 rings (SSSR count). The first kappa shape index (κ1) is 16.1. The van der Waals surface area contributed by atoms with Crippen molar-refractivity contribution in [2.24, 2.45) is 0 Å². The summed E-state index contributed by atoms with van der Waals surface area (Å²) in [5.41, 5.74) is 6.91. The van der Waals surface area contributed by atoms with Crippen molar-refractivity contribution < 1.29 is 4.79 Å². The van der Waals surface area contributed by atoms with Gasteiger partial charge in [0.25, 0.3) is 5.91 Å². The van der Waals surface area contributed by atoms with Gasteiger partial charge in [-0.2, -0.15) is 0 Å². The summed E-state index contributed by atoms with van der Waals surface area (Å²) in [4.78, 5) is 16.9. The number of hydrogen-bond acceptors (Lipinski definition) is 3. The number of nitrogens with two attached hydrogens (primary N) is 1. The lowest BCUT2D eigenvalue weighted by molar-refractivity contribution is 0.0667. The van der Waals surface area contributed by atoms with E-state index in [0.29, 0.717) is 22.3 Å². The molecule has 116 valence electrons. The maximum absolute atomic E-state index is 12.8. The van der Waals surface area contributed by atoms with Crippen LogP contribution in [0, 0.1) is 0 Å². The van der Waals surface area contributed by atoms with E-state index in [0.717, 1.165) is 25.9 Å². The molecule has 0 bridgehead atoms. The van der Waals surface area contributed by atoms with Crippen LogP contribution in [0.2, 0.25) is 5.02 Å². The fourth-order valence-corrected chi connectivity index (χ4v) is 2.93. The summed E-state index contributed by atoms with van der Waals surface area (Å²) in [5, 5.41) is 0.493. The lowest BCUT2D eigenvalue weighted by Gasteiger charge is -2.30. The van der Waals surface area contributed by atoms with E-state index in [4.69, 9.17) is 17.3 Å². The maximum atomic E-state index is 12.8. The number of hydrogen-bond donors (Lipinski definition) is 1. The summed E-state index contributed by atoms with van der Waals surface area (Å²) < 4.78 is 0. The van der Waals surface area contributed by atoms with Crippen LogP contribution in [-0.4, -0.2) is 48.9 Å². The first-order chi connectivity index (χ1) is 9.99. The largest absolute Gasteiger partial charge is 0.398 e. The van der Waals surface area contributed by atoms with Crippen LogP contribution in [0.15, 0.2) is 18.2 Å². The molecule has 5 heteroatoms. The van der Waals surface area contributed by atoms with Crippen molar-refractivity contribution in [1.82, 2.24) is 9.80 Å². The molecule has 2 N–H and O–H groups in total. The van der Waals surface area contributed by atoms with Gasteiger partial charge in [0.1, 0.15) is 0 Å². The van der Waals surface area contributed by atoms with E-state index in [2.05, 4.69) is 4.90 Å². The zero-order chi connectivity index (χ0) is 15.4. The molecular formula is C16H24ClN3O. The Bertz CT molecular complexity index is 498. The van der Waals surface area contributed by atoms with E-state index in [9.17, 15) is 4.79 Å². The van der Waals surface area contributed by atoms with Crippen LogP contribution in [-0.2, 0) is 0 Å². The Morgan fingerprint density at radius 1 is 1.29 bits per heavy atom. The van der Waals surface area contributed by atoms with Crippen molar-refractivity contribution in [1.29, 1.82) is 0 Å². The van der Waals surface area contributed by atoms with E-state index in [1.54, 1.807) is 18.2 Å². The topological polar surface area (TPSA) is 49.6 Å². The van der Waals surface area contributed by atoms with Gasteiger partial charge in [0.2, 0.25) is 0 Å². The van der Waals surface area contributed by atoms with Gasteiger partial charge in [-0.3, -0.25) is 4.79 Å². The minimum Gasteiger partial charge on any atom is -0.398 e. The molecule has 0 saturated heterocycles. The molecule has 1 aliphatic carbocycles. The zero-order valence-corrected chi connectivity index (χ0v) is 13.6. The summed E-state index contributed by atoms with van der Waals surface area (Å²) in [6, 6.07) is 5.50. The van der Waals surface area contributed by atoms with Crippen molar-refractivity contribution in [3.05, 3.63) is 28.8 Å². The van der Waals surface area contributed by atoms with E-state index in [1.165, 1.54) is 12.8 Å². The van der Waals surface area contributed by atoms with Crippen LogP contribution in [0.5, 0.6) is 0 Å². The second-order valence-corrected chi connectivity index (χ2v) is 6.38. The van der Waals surface area contributed by atoms with E-state index in [-0.39, 0.29) is 5.91 Å². The molecule has 0 heterocycles. The van der Waals surface area contributed by atoms with Crippen molar-refractivity contribution in [3.8, 4) is 0 Å². The van der Waals surface area contributed by atoms with Crippen molar-refractivity contribution in [2.45, 2.75) is 31.7 Å². The fraction of sp³-hybridized carbons (Fsp3) is 0.562. The van der Waals surface area contributed by atoms with Crippen LogP contribution in [0.25, 0.3) is 0 Å². The molecule has 1 fully saturated rings. The first-order valence-electron chi connectivity index (χ1n) is 7.50. The average Bonchev–Trinajstić information content (AvgIpc) is 2.95. The molecular weight excluding hydrogens is 286 g/mol. The second-order valence-electron chi connectivity index (χ2n) is 5.98. The summed E-state index contributed by atoms with van der Waals surface area (Å²) in [6.07, 6.45) is 4.61. The predicted molar refractivity (Wildman–Crippen MR) is 87.7 cm³/mol. The molecule has 0 atom stereocenters. The number of rotatable bonds is 5. The summed E-state index contributed by atoms with van der Waals surface area (Å²) >= 11 is 5.94. The maximum Gasteiger partial charge on any atom is 0.254 e. The third kappa shape index (κ3) is 4.11. The summed E-state index contributed by atoms with van der Waals surface area (Å²) in [6.45, 7) is 1.62. The van der Waals surface area contributed by atoms with Crippen molar-refractivity contribution in [3.63, 3.8) is 0 Å². The molecule has 0 aliphatic heterocycles. The van der Waals surface area contributed by atoms with Gasteiger partial charge in [-0.1, -0.05) is 24.4 Å². The quantitative estimate of drug-likeness (QED) is 0.851. The number of halogens is 1. The molecule has 1 aliphatic rings. The third-order valence-corrected chi connectivity index (χ3v) is 4.40. The molecule has 0 unspecified atom stereocenters. The molecule has 1 amide bonds. The number of benzene rings is 1. The van der Waals surface area contributed by atoms with Crippen LogP contribution in [0.3, 0.4) is 0 Å². The summed E-state index contributed by atoms with van der Waals surface area (Å²) in [5.74, 6) is 0.0621. The molecule has 21 heavy (non-hydrogen) atoms. The Balaban J connectivity index is 2.17. The Kier molecular flexibility index (Phi) is 5.48. The number of nitrogen functional groups attached to an aromatic ring is 1. The fourth-order valence-electron chi connectivity index (χ4n) is 2.82. The molecule has 1 aromatic rings. The highest BCUT2D eigenvalue weighted by molar-refractivity contribution is 6.33. The molecule has 4 nitrogen and oxygen atoms in total. The van der Waals surface area contributed by atoms with E-state index < -0.39 is 0 Å². The SMILES string of the molecule is CN(C)CCN(C(=O)c1ccc(Cl)c(N)c1)C1CCCC1. The molecule has 0 radical (unpaired) electrons. The normalized spacial score (nSPS) is 15.6. The van der Waals surface area contributed by atoms with Crippen LogP contribution >= 0.6 is 11.6 Å². The second kappa shape index (κ2) is 7.14.